The number of thioether (sulfide) groups is 2. The van der Waals surface area contributed by atoms with E-state index in [0.717, 1.165) is 0 Å². The van der Waals surface area contributed by atoms with Gasteiger partial charge in [-0.05, 0) is 6.26 Å². The second-order valence-electron chi connectivity index (χ2n) is 3.96. The lowest BCUT2D eigenvalue weighted by Gasteiger charge is -1.99. The van der Waals surface area contributed by atoms with Gasteiger partial charge in [-0.25, -0.2) is 0 Å². The first-order valence-corrected chi connectivity index (χ1v) is 8.86. The Kier molecular flexibility index (Phi) is 16.5. The Morgan fingerprint density at radius 3 is 1.71 bits per heavy atom. The van der Waals surface area contributed by atoms with Crippen molar-refractivity contribution in [3.05, 3.63) is 0 Å². The molecule has 0 rings (SSSR count). The highest BCUT2D eigenvalue weighted by Gasteiger charge is 2.07. The highest BCUT2D eigenvalue weighted by atomic mass is 32.2. The molecule has 0 fully saturated rings. The van der Waals surface area contributed by atoms with Gasteiger partial charge in [-0.1, -0.05) is 6.92 Å². The summed E-state index contributed by atoms with van der Waals surface area (Å²) >= 11 is 3.10. The summed E-state index contributed by atoms with van der Waals surface area (Å²) in [5, 5.41) is 8.30. The number of hydrogen-bond donors (Lipinski definition) is 1. The molecule has 0 saturated carbocycles. The zero-order chi connectivity index (χ0) is 16.7. The van der Waals surface area contributed by atoms with Crippen molar-refractivity contribution in [2.75, 3.05) is 37.7 Å². The van der Waals surface area contributed by atoms with E-state index in [0.29, 0.717) is 30.1 Å². The second-order valence-corrected chi connectivity index (χ2v) is 6.09. The van der Waals surface area contributed by atoms with Crippen molar-refractivity contribution in [3.63, 3.8) is 0 Å². The number of aliphatic carboxylic acids is 1. The fraction of sp³-hybridized carbons (Fsp3) is 0.769. The number of hydrogen-bond acceptors (Lipinski definition) is 7. The predicted molar refractivity (Wildman–Crippen MR) is 85.8 cm³/mol. The normalized spacial score (nSPS) is 10.9. The van der Waals surface area contributed by atoms with Gasteiger partial charge in [0.05, 0.1) is 33.0 Å². The Hall–Kier alpha value is -0.890. The van der Waals surface area contributed by atoms with E-state index in [9.17, 15) is 14.4 Å². The maximum absolute atomic E-state index is 10.6. The molecule has 0 aromatic rings. The third-order valence-electron chi connectivity index (χ3n) is 2.19. The lowest BCUT2D eigenvalue weighted by Crippen LogP contribution is -2.11. The minimum absolute atomic E-state index is 0.204. The van der Waals surface area contributed by atoms with E-state index < -0.39 is 5.97 Å². The highest BCUT2D eigenvalue weighted by molar-refractivity contribution is 7.99. The van der Waals surface area contributed by atoms with Crippen LogP contribution in [-0.4, -0.2) is 60.7 Å². The number of carbonyl (C=O) groups excluding carboxylic acids is 2. The maximum Gasteiger partial charge on any atom is 0.307 e. The van der Waals surface area contributed by atoms with Crippen LogP contribution in [0.5, 0.6) is 0 Å². The van der Waals surface area contributed by atoms with Gasteiger partial charge in [-0.2, -0.15) is 23.5 Å². The number of carboxylic acids is 1. The monoisotopic (exact) mass is 340 g/mol. The van der Waals surface area contributed by atoms with Crippen LogP contribution in [-0.2, 0) is 23.9 Å². The largest absolute Gasteiger partial charge is 0.481 e. The second kappa shape index (κ2) is 15.5. The Morgan fingerprint density at radius 2 is 1.48 bits per heavy atom. The Morgan fingerprint density at radius 1 is 1.05 bits per heavy atom. The minimum Gasteiger partial charge on any atom is -0.481 e. The van der Waals surface area contributed by atoms with E-state index in [2.05, 4.69) is 9.47 Å². The summed E-state index contributed by atoms with van der Waals surface area (Å²) < 4.78 is 8.91. The van der Waals surface area contributed by atoms with E-state index >= 15 is 0 Å². The topological polar surface area (TPSA) is 89.9 Å². The fourth-order valence-electron chi connectivity index (χ4n) is 0.938. The maximum atomic E-state index is 10.6. The summed E-state index contributed by atoms with van der Waals surface area (Å²) in [6.07, 6.45) is 2.68. The van der Waals surface area contributed by atoms with Crippen molar-refractivity contribution in [1.29, 1.82) is 0 Å². The van der Waals surface area contributed by atoms with Gasteiger partial charge in [-0.15, -0.1) is 0 Å². The Labute approximate surface area is 134 Å². The van der Waals surface area contributed by atoms with E-state index in [1.54, 1.807) is 18.7 Å². The van der Waals surface area contributed by atoms with Gasteiger partial charge in [-0.3, -0.25) is 14.4 Å². The number of carbonyl (C=O) groups is 3. The van der Waals surface area contributed by atoms with Gasteiger partial charge in [0.25, 0.3) is 0 Å². The van der Waals surface area contributed by atoms with Crippen molar-refractivity contribution < 1.29 is 29.0 Å². The van der Waals surface area contributed by atoms with Crippen LogP contribution in [0.4, 0.5) is 0 Å². The average Bonchev–Trinajstić information content (AvgIpc) is 2.47. The summed E-state index contributed by atoms with van der Waals surface area (Å²) in [6, 6.07) is 0. The van der Waals surface area contributed by atoms with Gasteiger partial charge in [0.2, 0.25) is 0 Å². The molecule has 0 amide bonds. The third kappa shape index (κ3) is 17.1. The summed E-state index contributed by atoms with van der Waals surface area (Å²) in [4.78, 5) is 31.4. The zero-order valence-electron chi connectivity index (χ0n) is 12.9. The van der Waals surface area contributed by atoms with Crippen molar-refractivity contribution in [2.24, 2.45) is 5.92 Å². The first-order chi connectivity index (χ1) is 9.88. The summed E-state index contributed by atoms with van der Waals surface area (Å²) in [6.45, 7) is 1.71. The van der Waals surface area contributed by atoms with E-state index in [4.69, 9.17) is 5.11 Å². The molecular weight excluding hydrogens is 316 g/mol. The number of carboxylic acid groups (broad SMARTS) is 1. The quantitative estimate of drug-likeness (QED) is 0.503. The van der Waals surface area contributed by atoms with Crippen LogP contribution in [0.15, 0.2) is 0 Å². The molecule has 0 aliphatic heterocycles. The highest BCUT2D eigenvalue weighted by Crippen LogP contribution is 2.05. The molecule has 6 nitrogen and oxygen atoms in total. The first kappa shape index (κ1) is 22.4. The minimum atomic E-state index is -0.709. The van der Waals surface area contributed by atoms with Crippen LogP contribution in [0, 0.1) is 5.92 Å². The molecule has 21 heavy (non-hydrogen) atoms. The van der Waals surface area contributed by atoms with Crippen molar-refractivity contribution >= 4 is 41.4 Å². The predicted octanol–water partition coefficient (Wildman–Crippen LogP) is 1.92. The number of ether oxygens (including phenoxy) is 2. The van der Waals surface area contributed by atoms with E-state index in [1.165, 1.54) is 26.0 Å². The van der Waals surface area contributed by atoms with E-state index in [1.807, 2.05) is 6.26 Å². The standard InChI is InChI=1S/C8H14O4S.C5H10O2S/c1-11-7(9)3-5-13-6-4-8(10)12-2;1-4(3-8-2)5(6)7/h3-6H2,1-2H3;4H,3H2,1-2H3,(H,6,7). The van der Waals surface area contributed by atoms with Crippen LogP contribution in [0.1, 0.15) is 19.8 Å². The summed E-state index contributed by atoms with van der Waals surface area (Å²) in [5.74, 6) is 0.725. The Bertz CT molecular complexity index is 291. The zero-order valence-corrected chi connectivity index (χ0v) is 14.6. The van der Waals surface area contributed by atoms with Crippen LogP contribution in [0.3, 0.4) is 0 Å². The molecule has 0 aliphatic rings. The summed E-state index contributed by atoms with van der Waals surface area (Å²) in [5.41, 5.74) is 0. The third-order valence-corrected chi connectivity index (χ3v) is 4.01. The van der Waals surface area contributed by atoms with Gasteiger partial charge in [0.1, 0.15) is 0 Å². The molecule has 0 aromatic carbocycles. The van der Waals surface area contributed by atoms with Crippen molar-refractivity contribution in [3.8, 4) is 0 Å². The molecule has 1 unspecified atom stereocenters. The molecule has 1 N–H and O–H groups in total. The summed E-state index contributed by atoms with van der Waals surface area (Å²) in [7, 11) is 2.73. The number of esters is 2. The molecule has 8 heteroatoms. The van der Waals surface area contributed by atoms with Crippen molar-refractivity contribution in [1.82, 2.24) is 0 Å². The lowest BCUT2D eigenvalue weighted by atomic mass is 10.2. The Balaban J connectivity index is 0. The molecule has 0 heterocycles. The van der Waals surface area contributed by atoms with Crippen LogP contribution >= 0.6 is 23.5 Å². The van der Waals surface area contributed by atoms with E-state index in [-0.39, 0.29) is 17.9 Å². The molecule has 0 saturated heterocycles. The van der Waals surface area contributed by atoms with Crippen LogP contribution in [0.25, 0.3) is 0 Å². The average molecular weight is 340 g/mol. The first-order valence-electron chi connectivity index (χ1n) is 6.32. The molecule has 0 spiro atoms. The molecule has 0 aliphatic carbocycles. The van der Waals surface area contributed by atoms with Crippen LogP contribution in [0.2, 0.25) is 0 Å². The van der Waals surface area contributed by atoms with Gasteiger partial charge < -0.3 is 14.6 Å². The molecule has 124 valence electrons. The van der Waals surface area contributed by atoms with Crippen LogP contribution < -0.4 is 0 Å². The van der Waals surface area contributed by atoms with Gasteiger partial charge >= 0.3 is 17.9 Å². The molecule has 0 aromatic heterocycles. The molecular formula is C13H24O6S2. The SMILES string of the molecule is COC(=O)CCSCCC(=O)OC.CSCC(C)C(=O)O. The molecule has 0 bridgehead atoms. The number of methoxy groups -OCH3 is 2. The number of rotatable bonds is 9. The molecule has 1 atom stereocenters. The smallest absolute Gasteiger partial charge is 0.307 e. The van der Waals surface area contributed by atoms with Gasteiger partial charge in [0.15, 0.2) is 0 Å². The fourth-order valence-corrected chi connectivity index (χ4v) is 2.41. The lowest BCUT2D eigenvalue weighted by molar-refractivity contribution is -0.141. The van der Waals surface area contributed by atoms with Gasteiger partial charge in [0, 0.05) is 17.3 Å². The van der Waals surface area contributed by atoms with Crippen molar-refractivity contribution in [2.45, 2.75) is 19.8 Å². The molecule has 0 radical (unpaired) electrons.